The summed E-state index contributed by atoms with van der Waals surface area (Å²) in [6, 6.07) is 27.3. The number of rotatable bonds is 8. The van der Waals surface area contributed by atoms with Gasteiger partial charge in [0, 0.05) is 29.5 Å². The van der Waals surface area contributed by atoms with E-state index >= 15 is 0 Å². The second kappa shape index (κ2) is 10.7. The van der Waals surface area contributed by atoms with Crippen LogP contribution in [0.3, 0.4) is 0 Å². The first-order valence-corrected chi connectivity index (χ1v) is 12.7. The Morgan fingerprint density at radius 2 is 1.59 bits per heavy atom. The molecule has 0 amide bonds. The Kier molecular flexibility index (Phi) is 7.22. The molecule has 1 aromatic heterocycles. The Bertz CT molecular complexity index is 1210. The Hall–Kier alpha value is -2.75. The lowest BCUT2D eigenvalue weighted by atomic mass is 9.90. The van der Waals surface area contributed by atoms with E-state index in [4.69, 9.17) is 16.3 Å². The lowest BCUT2D eigenvalue weighted by molar-refractivity contribution is 0.185. The van der Waals surface area contributed by atoms with Crippen molar-refractivity contribution in [1.29, 1.82) is 0 Å². The van der Waals surface area contributed by atoms with E-state index < -0.39 is 0 Å². The summed E-state index contributed by atoms with van der Waals surface area (Å²) in [5, 5.41) is 2.07. The van der Waals surface area contributed by atoms with Gasteiger partial charge in [0.25, 0.3) is 0 Å². The molecule has 34 heavy (non-hydrogen) atoms. The highest BCUT2D eigenvalue weighted by atomic mass is 35.5. The van der Waals surface area contributed by atoms with Crippen molar-refractivity contribution in [3.05, 3.63) is 101 Å². The first kappa shape index (κ1) is 23.0. The SMILES string of the molecule is Cn1c(COc2ccc(Cl)cc2)c(CCN2CCC(Cc3ccccc3)CC2)c2ccccc21. The van der Waals surface area contributed by atoms with Gasteiger partial charge in [0.05, 0.1) is 5.69 Å². The van der Waals surface area contributed by atoms with Crippen LogP contribution >= 0.6 is 11.6 Å². The molecule has 3 aromatic carbocycles. The molecule has 4 aromatic rings. The normalized spacial score (nSPS) is 15.1. The van der Waals surface area contributed by atoms with Crippen molar-refractivity contribution in [3.8, 4) is 5.75 Å². The van der Waals surface area contributed by atoms with Gasteiger partial charge in [-0.05, 0) is 86.1 Å². The molecule has 1 saturated heterocycles. The fourth-order valence-electron chi connectivity index (χ4n) is 5.30. The molecule has 1 aliphatic heterocycles. The number of likely N-dealkylation sites (tertiary alicyclic amines) is 1. The van der Waals surface area contributed by atoms with E-state index in [0.717, 1.165) is 29.7 Å². The molecule has 0 saturated carbocycles. The first-order valence-electron chi connectivity index (χ1n) is 12.4. The Morgan fingerprint density at radius 1 is 0.882 bits per heavy atom. The fraction of sp³-hybridized carbons (Fsp3) is 0.333. The summed E-state index contributed by atoms with van der Waals surface area (Å²) in [6.07, 6.45) is 4.84. The zero-order valence-corrected chi connectivity index (χ0v) is 20.7. The number of halogens is 1. The van der Waals surface area contributed by atoms with Crippen molar-refractivity contribution in [3.63, 3.8) is 0 Å². The maximum Gasteiger partial charge on any atom is 0.128 e. The summed E-state index contributed by atoms with van der Waals surface area (Å²) in [6.45, 7) is 4.04. The molecule has 3 nitrogen and oxygen atoms in total. The molecular formula is C30H33ClN2O. The number of benzene rings is 3. The third kappa shape index (κ3) is 5.32. The Morgan fingerprint density at radius 3 is 2.35 bits per heavy atom. The average Bonchev–Trinajstić information content (AvgIpc) is 3.15. The minimum absolute atomic E-state index is 0.557. The number of hydrogen-bond donors (Lipinski definition) is 0. The molecule has 0 radical (unpaired) electrons. The van der Waals surface area contributed by atoms with Crippen molar-refractivity contribution in [2.24, 2.45) is 13.0 Å². The molecule has 1 fully saturated rings. The molecule has 176 valence electrons. The van der Waals surface area contributed by atoms with Crippen molar-refractivity contribution in [2.75, 3.05) is 19.6 Å². The molecule has 0 atom stereocenters. The summed E-state index contributed by atoms with van der Waals surface area (Å²) in [5.41, 5.74) is 5.42. The third-order valence-corrected chi connectivity index (χ3v) is 7.54. The summed E-state index contributed by atoms with van der Waals surface area (Å²) in [7, 11) is 2.15. The zero-order chi connectivity index (χ0) is 23.3. The highest BCUT2D eigenvalue weighted by Gasteiger charge is 2.21. The van der Waals surface area contributed by atoms with Crippen molar-refractivity contribution in [1.82, 2.24) is 9.47 Å². The van der Waals surface area contributed by atoms with Crippen LogP contribution in [0.4, 0.5) is 0 Å². The lowest BCUT2D eigenvalue weighted by Gasteiger charge is -2.32. The molecule has 0 aliphatic carbocycles. The molecule has 0 N–H and O–H groups in total. The van der Waals surface area contributed by atoms with Crippen LogP contribution in [-0.2, 0) is 26.5 Å². The number of ether oxygens (including phenoxy) is 1. The Labute approximate surface area is 207 Å². The summed E-state index contributed by atoms with van der Waals surface area (Å²) >= 11 is 6.03. The third-order valence-electron chi connectivity index (χ3n) is 7.29. The van der Waals surface area contributed by atoms with Crippen LogP contribution in [0, 0.1) is 5.92 Å². The number of aryl methyl sites for hydroxylation is 1. The van der Waals surface area contributed by atoms with Crippen LogP contribution in [0.1, 0.15) is 29.7 Å². The number of aromatic nitrogens is 1. The molecule has 0 bridgehead atoms. The number of hydrogen-bond acceptors (Lipinski definition) is 2. The van der Waals surface area contributed by atoms with Gasteiger partial charge < -0.3 is 14.2 Å². The minimum atomic E-state index is 0.557. The molecule has 1 aliphatic rings. The first-order chi connectivity index (χ1) is 16.7. The van der Waals surface area contributed by atoms with Gasteiger partial charge >= 0.3 is 0 Å². The van der Waals surface area contributed by atoms with Gasteiger partial charge in [0.1, 0.15) is 12.4 Å². The predicted molar refractivity (Wildman–Crippen MR) is 142 cm³/mol. The van der Waals surface area contributed by atoms with Crippen LogP contribution in [0.2, 0.25) is 5.02 Å². The zero-order valence-electron chi connectivity index (χ0n) is 19.9. The lowest BCUT2D eigenvalue weighted by Crippen LogP contribution is -2.35. The van der Waals surface area contributed by atoms with E-state index in [1.54, 1.807) is 0 Å². The Balaban J connectivity index is 1.24. The maximum absolute atomic E-state index is 6.17. The van der Waals surface area contributed by atoms with Crippen LogP contribution in [-0.4, -0.2) is 29.1 Å². The number of para-hydroxylation sites is 1. The van der Waals surface area contributed by atoms with E-state index in [9.17, 15) is 0 Å². The van der Waals surface area contributed by atoms with E-state index in [-0.39, 0.29) is 0 Å². The maximum atomic E-state index is 6.17. The number of piperidine rings is 1. The van der Waals surface area contributed by atoms with Crippen molar-refractivity contribution >= 4 is 22.5 Å². The quantitative estimate of drug-likeness (QED) is 0.277. The van der Waals surface area contributed by atoms with Crippen LogP contribution in [0.25, 0.3) is 10.9 Å². The smallest absolute Gasteiger partial charge is 0.128 e. The molecule has 2 heterocycles. The highest BCUT2D eigenvalue weighted by Crippen LogP contribution is 2.28. The van der Waals surface area contributed by atoms with Gasteiger partial charge in [-0.3, -0.25) is 0 Å². The van der Waals surface area contributed by atoms with Gasteiger partial charge in [-0.15, -0.1) is 0 Å². The van der Waals surface area contributed by atoms with Gasteiger partial charge in [-0.1, -0.05) is 60.1 Å². The monoisotopic (exact) mass is 472 g/mol. The summed E-state index contributed by atoms with van der Waals surface area (Å²) < 4.78 is 8.47. The summed E-state index contributed by atoms with van der Waals surface area (Å²) in [5.74, 6) is 1.65. The molecule has 5 rings (SSSR count). The minimum Gasteiger partial charge on any atom is -0.487 e. The van der Waals surface area contributed by atoms with Crippen molar-refractivity contribution < 1.29 is 4.74 Å². The molecule has 0 spiro atoms. The van der Waals surface area contributed by atoms with Gasteiger partial charge in [0.2, 0.25) is 0 Å². The van der Waals surface area contributed by atoms with Gasteiger partial charge in [0.15, 0.2) is 0 Å². The molecule has 0 unspecified atom stereocenters. The van der Waals surface area contributed by atoms with Gasteiger partial charge in [-0.2, -0.15) is 0 Å². The van der Waals surface area contributed by atoms with E-state index in [0.29, 0.717) is 6.61 Å². The largest absolute Gasteiger partial charge is 0.487 e. The topological polar surface area (TPSA) is 17.4 Å². The second-order valence-electron chi connectivity index (χ2n) is 9.47. The second-order valence-corrected chi connectivity index (χ2v) is 9.91. The predicted octanol–water partition coefficient (Wildman–Crippen LogP) is 6.91. The fourth-order valence-corrected chi connectivity index (χ4v) is 5.43. The number of fused-ring (bicyclic) bond motifs is 1. The number of nitrogens with zero attached hydrogens (tertiary/aromatic N) is 2. The highest BCUT2D eigenvalue weighted by molar-refractivity contribution is 6.30. The van der Waals surface area contributed by atoms with Crippen LogP contribution in [0.5, 0.6) is 5.75 Å². The van der Waals surface area contributed by atoms with E-state index in [1.807, 2.05) is 24.3 Å². The van der Waals surface area contributed by atoms with Crippen LogP contribution in [0.15, 0.2) is 78.9 Å². The molecule has 4 heteroatoms. The van der Waals surface area contributed by atoms with Crippen molar-refractivity contribution in [2.45, 2.75) is 32.3 Å². The van der Waals surface area contributed by atoms with Gasteiger partial charge in [-0.25, -0.2) is 0 Å². The van der Waals surface area contributed by atoms with E-state index in [1.165, 1.54) is 60.1 Å². The van der Waals surface area contributed by atoms with E-state index in [2.05, 4.69) is 71.1 Å². The van der Waals surface area contributed by atoms with Crippen LogP contribution < -0.4 is 4.74 Å². The standard InChI is InChI=1S/C30H33ClN2O/c1-32-29-10-6-5-9-27(29)28(30(32)22-34-26-13-11-25(31)12-14-26)17-20-33-18-15-24(16-19-33)21-23-7-3-2-4-8-23/h2-14,24H,15-22H2,1H3. The summed E-state index contributed by atoms with van der Waals surface area (Å²) in [4.78, 5) is 2.65. The average molecular weight is 473 g/mol. The molecular weight excluding hydrogens is 440 g/mol.